The molecule has 112 valence electrons. The summed E-state index contributed by atoms with van der Waals surface area (Å²) in [5.74, 6) is 1.83. The van der Waals surface area contributed by atoms with Crippen LogP contribution in [0.1, 0.15) is 11.4 Å². The lowest BCUT2D eigenvalue weighted by Gasteiger charge is -2.10. The Morgan fingerprint density at radius 1 is 1.19 bits per heavy atom. The van der Waals surface area contributed by atoms with Crippen LogP contribution in [-0.4, -0.2) is 36.8 Å². The third kappa shape index (κ3) is 3.53. The van der Waals surface area contributed by atoms with Crippen LogP contribution >= 0.6 is 0 Å². The van der Waals surface area contributed by atoms with Gasteiger partial charge in [0.25, 0.3) is 0 Å². The first-order valence-corrected chi connectivity index (χ1v) is 6.45. The molecular weight excluding hydrogens is 272 g/mol. The maximum absolute atomic E-state index is 11.4. The molecular formula is C15H18N2O4. The minimum Gasteiger partial charge on any atom is -0.493 e. The van der Waals surface area contributed by atoms with E-state index >= 15 is 0 Å². The zero-order valence-corrected chi connectivity index (χ0v) is 12.3. The first-order chi connectivity index (χ1) is 10.2. The number of carbonyl (C=O) groups is 1. The van der Waals surface area contributed by atoms with Gasteiger partial charge in [-0.2, -0.15) is 0 Å². The highest BCUT2D eigenvalue weighted by Gasteiger charge is 2.10. The third-order valence-corrected chi connectivity index (χ3v) is 3.14. The smallest absolute Gasteiger partial charge is 0.325 e. The second kappa shape index (κ2) is 6.78. The predicted octanol–water partition coefficient (Wildman–Crippen LogP) is 1.66. The molecule has 0 N–H and O–H groups in total. The van der Waals surface area contributed by atoms with E-state index in [1.807, 2.05) is 18.2 Å². The number of methoxy groups -OCH3 is 3. The molecule has 2 rings (SSSR count). The Balaban J connectivity index is 2.19. The summed E-state index contributed by atoms with van der Waals surface area (Å²) in [6.45, 7) is 0.152. The summed E-state index contributed by atoms with van der Waals surface area (Å²) < 4.78 is 16.9. The van der Waals surface area contributed by atoms with Crippen LogP contribution in [0, 0.1) is 0 Å². The molecule has 0 amide bonds. The van der Waals surface area contributed by atoms with E-state index in [0.717, 1.165) is 11.4 Å². The Morgan fingerprint density at radius 2 is 1.95 bits per heavy atom. The van der Waals surface area contributed by atoms with Crippen LogP contribution in [0.15, 0.2) is 30.6 Å². The lowest BCUT2D eigenvalue weighted by Crippen LogP contribution is -2.13. The van der Waals surface area contributed by atoms with E-state index in [4.69, 9.17) is 9.47 Å². The second-order valence-corrected chi connectivity index (χ2v) is 4.41. The van der Waals surface area contributed by atoms with Crippen molar-refractivity contribution in [3.63, 3.8) is 0 Å². The van der Waals surface area contributed by atoms with Crippen LogP contribution in [0.3, 0.4) is 0 Å². The van der Waals surface area contributed by atoms with Gasteiger partial charge in [0.1, 0.15) is 12.4 Å². The molecule has 0 fully saturated rings. The van der Waals surface area contributed by atoms with E-state index in [0.29, 0.717) is 17.9 Å². The molecule has 21 heavy (non-hydrogen) atoms. The maximum Gasteiger partial charge on any atom is 0.325 e. The van der Waals surface area contributed by atoms with Crippen molar-refractivity contribution >= 4 is 5.97 Å². The van der Waals surface area contributed by atoms with Crippen LogP contribution < -0.4 is 9.47 Å². The van der Waals surface area contributed by atoms with E-state index in [1.54, 1.807) is 31.2 Å². The predicted molar refractivity (Wildman–Crippen MR) is 76.6 cm³/mol. The molecule has 2 aromatic rings. The molecule has 0 radical (unpaired) electrons. The van der Waals surface area contributed by atoms with E-state index in [9.17, 15) is 4.79 Å². The Morgan fingerprint density at radius 3 is 2.62 bits per heavy atom. The fourth-order valence-corrected chi connectivity index (χ4v) is 2.03. The van der Waals surface area contributed by atoms with Gasteiger partial charge in [0.15, 0.2) is 11.5 Å². The van der Waals surface area contributed by atoms with Crippen molar-refractivity contribution in [1.29, 1.82) is 0 Å². The summed E-state index contributed by atoms with van der Waals surface area (Å²) >= 11 is 0. The lowest BCUT2D eigenvalue weighted by molar-refractivity contribution is -0.141. The third-order valence-electron chi connectivity index (χ3n) is 3.14. The second-order valence-electron chi connectivity index (χ2n) is 4.41. The number of rotatable bonds is 6. The Bertz CT molecular complexity index is 622. The van der Waals surface area contributed by atoms with Gasteiger partial charge in [0, 0.05) is 18.8 Å². The van der Waals surface area contributed by atoms with Crippen LogP contribution in [-0.2, 0) is 22.5 Å². The summed E-state index contributed by atoms with van der Waals surface area (Å²) in [6, 6.07) is 5.69. The Labute approximate surface area is 123 Å². The fourth-order valence-electron chi connectivity index (χ4n) is 2.03. The summed E-state index contributed by atoms with van der Waals surface area (Å²) in [5.41, 5.74) is 1.02. The van der Waals surface area contributed by atoms with Crippen molar-refractivity contribution in [1.82, 2.24) is 9.55 Å². The summed E-state index contributed by atoms with van der Waals surface area (Å²) in [7, 11) is 4.56. The first-order valence-electron chi connectivity index (χ1n) is 6.45. The molecule has 0 saturated heterocycles. The maximum atomic E-state index is 11.4. The molecule has 0 aliphatic rings. The standard InChI is InChI=1S/C15H18N2O4/c1-19-12-5-4-11(8-13(12)20-2)9-14-16-6-7-17(14)10-15(18)21-3/h4-8H,9-10H2,1-3H3. The minimum absolute atomic E-state index is 0.152. The zero-order chi connectivity index (χ0) is 15.2. The van der Waals surface area contributed by atoms with Gasteiger partial charge in [-0.05, 0) is 17.7 Å². The first kappa shape index (κ1) is 14.9. The number of aromatic nitrogens is 2. The normalized spacial score (nSPS) is 10.2. The summed E-state index contributed by atoms with van der Waals surface area (Å²) in [5, 5.41) is 0. The minimum atomic E-state index is -0.304. The van der Waals surface area contributed by atoms with Crippen molar-refractivity contribution in [2.75, 3.05) is 21.3 Å². The number of hydrogen-bond donors (Lipinski definition) is 0. The van der Waals surface area contributed by atoms with Crippen molar-refractivity contribution in [3.05, 3.63) is 42.0 Å². The Kier molecular flexibility index (Phi) is 4.81. The van der Waals surface area contributed by atoms with E-state index in [2.05, 4.69) is 9.72 Å². The Hall–Kier alpha value is -2.50. The quantitative estimate of drug-likeness (QED) is 0.757. The molecule has 0 aliphatic carbocycles. The number of hydrogen-bond acceptors (Lipinski definition) is 5. The van der Waals surface area contributed by atoms with Gasteiger partial charge in [-0.25, -0.2) is 4.98 Å². The molecule has 0 atom stereocenters. The van der Waals surface area contributed by atoms with Crippen molar-refractivity contribution < 1.29 is 19.0 Å². The zero-order valence-electron chi connectivity index (χ0n) is 12.3. The van der Waals surface area contributed by atoms with Crippen LogP contribution in [0.5, 0.6) is 11.5 Å². The van der Waals surface area contributed by atoms with Gasteiger partial charge in [0.2, 0.25) is 0 Å². The number of ether oxygens (including phenoxy) is 3. The highest BCUT2D eigenvalue weighted by atomic mass is 16.5. The molecule has 0 bridgehead atoms. The molecule has 0 unspecified atom stereocenters. The van der Waals surface area contributed by atoms with Crippen molar-refractivity contribution in [2.45, 2.75) is 13.0 Å². The largest absolute Gasteiger partial charge is 0.493 e. The highest BCUT2D eigenvalue weighted by Crippen LogP contribution is 2.28. The molecule has 0 spiro atoms. The van der Waals surface area contributed by atoms with E-state index in [-0.39, 0.29) is 12.5 Å². The monoisotopic (exact) mass is 290 g/mol. The topological polar surface area (TPSA) is 62.6 Å². The number of nitrogens with zero attached hydrogens (tertiary/aromatic N) is 2. The van der Waals surface area contributed by atoms with Crippen molar-refractivity contribution in [2.24, 2.45) is 0 Å². The number of benzene rings is 1. The van der Waals surface area contributed by atoms with Gasteiger partial charge < -0.3 is 18.8 Å². The summed E-state index contributed by atoms with van der Waals surface area (Å²) in [6.07, 6.45) is 4.01. The van der Waals surface area contributed by atoms with E-state index < -0.39 is 0 Å². The van der Waals surface area contributed by atoms with Crippen LogP contribution in [0.4, 0.5) is 0 Å². The number of imidazole rings is 1. The fraction of sp³-hybridized carbons (Fsp3) is 0.333. The molecule has 6 heteroatoms. The summed E-state index contributed by atoms with van der Waals surface area (Å²) in [4.78, 5) is 15.6. The molecule has 1 heterocycles. The molecule has 6 nitrogen and oxygen atoms in total. The SMILES string of the molecule is COC(=O)Cn1ccnc1Cc1ccc(OC)c(OC)c1. The van der Waals surface area contributed by atoms with Gasteiger partial charge >= 0.3 is 5.97 Å². The highest BCUT2D eigenvalue weighted by molar-refractivity contribution is 5.69. The van der Waals surface area contributed by atoms with Gasteiger partial charge in [-0.15, -0.1) is 0 Å². The van der Waals surface area contributed by atoms with Gasteiger partial charge in [-0.1, -0.05) is 6.07 Å². The molecule has 0 aliphatic heterocycles. The number of esters is 1. The molecule has 1 aromatic carbocycles. The van der Waals surface area contributed by atoms with Gasteiger partial charge in [0.05, 0.1) is 21.3 Å². The van der Waals surface area contributed by atoms with Gasteiger partial charge in [-0.3, -0.25) is 4.79 Å². The van der Waals surface area contributed by atoms with Crippen LogP contribution in [0.25, 0.3) is 0 Å². The van der Waals surface area contributed by atoms with Crippen LogP contribution in [0.2, 0.25) is 0 Å². The van der Waals surface area contributed by atoms with Crippen molar-refractivity contribution in [3.8, 4) is 11.5 Å². The molecule has 1 aromatic heterocycles. The lowest BCUT2D eigenvalue weighted by atomic mass is 10.1. The molecule has 0 saturated carbocycles. The average Bonchev–Trinajstić information content (AvgIpc) is 2.93. The number of carbonyl (C=O) groups excluding carboxylic acids is 1. The van der Waals surface area contributed by atoms with E-state index in [1.165, 1.54) is 7.11 Å². The average molecular weight is 290 g/mol.